The van der Waals surface area contributed by atoms with E-state index in [2.05, 4.69) is 0 Å². The van der Waals surface area contributed by atoms with Gasteiger partial charge < -0.3 is 10.2 Å². The second-order valence-electron chi connectivity index (χ2n) is 3.81. The minimum Gasteiger partial charge on any atom is -0.480 e. The van der Waals surface area contributed by atoms with Crippen LogP contribution in [0.5, 0.6) is 0 Å². The Hall–Kier alpha value is -2.15. The van der Waals surface area contributed by atoms with Crippen LogP contribution in [0, 0.1) is 11.3 Å². The van der Waals surface area contributed by atoms with Gasteiger partial charge in [-0.2, -0.15) is 9.57 Å². The summed E-state index contributed by atoms with van der Waals surface area (Å²) in [6.07, 6.45) is 0. The largest absolute Gasteiger partial charge is 0.480 e. The number of sulfonamides is 1. The summed E-state index contributed by atoms with van der Waals surface area (Å²) in [5, 5.41) is 26.3. The standard InChI is InChI=1S/C11H9ClN2O6S/c12-8-2-1-7(4-13)9(3-8)21(19,20)14(5-10(15)16)6-11(17)18/h1-3H,5-6H2,(H,15,16)(H,17,18). The van der Waals surface area contributed by atoms with Gasteiger partial charge in [-0.25, -0.2) is 8.42 Å². The molecule has 1 rings (SSSR count). The van der Waals surface area contributed by atoms with E-state index in [4.69, 9.17) is 27.1 Å². The van der Waals surface area contributed by atoms with Gasteiger partial charge in [0.05, 0.1) is 5.56 Å². The zero-order valence-electron chi connectivity index (χ0n) is 10.4. The lowest BCUT2D eigenvalue weighted by Crippen LogP contribution is -2.39. The van der Waals surface area contributed by atoms with Crippen LogP contribution in [0.4, 0.5) is 0 Å². The van der Waals surface area contributed by atoms with Gasteiger partial charge >= 0.3 is 11.9 Å². The summed E-state index contributed by atoms with van der Waals surface area (Å²) in [5.74, 6) is -3.05. The lowest BCUT2D eigenvalue weighted by atomic mass is 10.2. The Morgan fingerprint density at radius 1 is 1.24 bits per heavy atom. The van der Waals surface area contributed by atoms with Crippen molar-refractivity contribution in [1.82, 2.24) is 4.31 Å². The third-order valence-electron chi connectivity index (χ3n) is 2.31. The third-order valence-corrected chi connectivity index (χ3v) is 4.37. The molecular weight excluding hydrogens is 324 g/mol. The first kappa shape index (κ1) is 16.9. The number of carbonyl (C=O) groups is 2. The molecule has 0 spiro atoms. The number of nitrogens with zero attached hydrogens (tertiary/aromatic N) is 2. The van der Waals surface area contributed by atoms with E-state index in [1.807, 2.05) is 0 Å². The molecule has 0 unspecified atom stereocenters. The fourth-order valence-electron chi connectivity index (χ4n) is 1.47. The van der Waals surface area contributed by atoms with Crippen molar-refractivity contribution >= 4 is 33.6 Å². The quantitative estimate of drug-likeness (QED) is 0.768. The summed E-state index contributed by atoms with van der Waals surface area (Å²) in [5.41, 5.74) is -0.264. The Morgan fingerprint density at radius 3 is 2.19 bits per heavy atom. The van der Waals surface area contributed by atoms with E-state index in [1.165, 1.54) is 6.07 Å². The molecule has 8 nitrogen and oxygen atoms in total. The van der Waals surface area contributed by atoms with E-state index in [0.29, 0.717) is 0 Å². The van der Waals surface area contributed by atoms with Gasteiger partial charge in [-0.1, -0.05) is 11.6 Å². The van der Waals surface area contributed by atoms with Crippen molar-refractivity contribution in [2.45, 2.75) is 4.90 Å². The number of carboxylic acids is 2. The van der Waals surface area contributed by atoms with Crippen LogP contribution in [0.3, 0.4) is 0 Å². The first-order valence-corrected chi connectivity index (χ1v) is 7.13. The molecule has 0 aliphatic carbocycles. The molecule has 2 N–H and O–H groups in total. The fraction of sp³-hybridized carbons (Fsp3) is 0.182. The number of rotatable bonds is 6. The molecule has 0 amide bonds. The van der Waals surface area contributed by atoms with Crippen molar-refractivity contribution in [3.63, 3.8) is 0 Å². The Bertz CT molecular complexity index is 709. The summed E-state index contributed by atoms with van der Waals surface area (Å²) < 4.78 is 24.9. The maximum absolute atomic E-state index is 12.3. The maximum atomic E-state index is 12.3. The Balaban J connectivity index is 3.41. The molecular formula is C11H9ClN2O6S. The van der Waals surface area contributed by atoms with Gasteiger partial charge in [0, 0.05) is 5.02 Å². The average Bonchev–Trinajstić information content (AvgIpc) is 2.36. The lowest BCUT2D eigenvalue weighted by Gasteiger charge is -2.19. The number of nitriles is 1. The van der Waals surface area contributed by atoms with Gasteiger partial charge in [-0.05, 0) is 18.2 Å². The third kappa shape index (κ3) is 4.16. The highest BCUT2D eigenvalue weighted by Gasteiger charge is 2.30. The summed E-state index contributed by atoms with van der Waals surface area (Å²) in [6, 6.07) is 5.03. The molecule has 21 heavy (non-hydrogen) atoms. The number of halogens is 1. The van der Waals surface area contributed by atoms with Gasteiger partial charge in [0.1, 0.15) is 24.1 Å². The number of aliphatic carboxylic acids is 2. The Morgan fingerprint density at radius 2 is 1.76 bits per heavy atom. The minimum atomic E-state index is -4.49. The highest BCUT2D eigenvalue weighted by Crippen LogP contribution is 2.23. The number of hydrogen-bond donors (Lipinski definition) is 2. The SMILES string of the molecule is N#Cc1ccc(Cl)cc1S(=O)(=O)N(CC(=O)O)CC(=O)O. The summed E-state index contributed by atoms with van der Waals surface area (Å²) >= 11 is 5.67. The average molecular weight is 333 g/mol. The highest BCUT2D eigenvalue weighted by atomic mass is 35.5. The molecule has 0 saturated carbocycles. The van der Waals surface area contributed by atoms with Crippen LogP contribution in [0.15, 0.2) is 23.1 Å². The molecule has 0 atom stereocenters. The van der Waals surface area contributed by atoms with Crippen molar-refractivity contribution in [1.29, 1.82) is 5.26 Å². The minimum absolute atomic E-state index is 0.0122. The molecule has 0 heterocycles. The Labute approximate surface area is 124 Å². The molecule has 112 valence electrons. The van der Waals surface area contributed by atoms with Gasteiger partial charge in [0.2, 0.25) is 10.0 Å². The molecule has 1 aromatic rings. The van der Waals surface area contributed by atoms with Gasteiger partial charge in [-0.15, -0.1) is 0 Å². The summed E-state index contributed by atoms with van der Waals surface area (Å²) in [6.45, 7) is -2.10. The van der Waals surface area contributed by atoms with Crippen molar-refractivity contribution in [3.8, 4) is 6.07 Å². The van der Waals surface area contributed by atoms with Crippen LogP contribution in [-0.4, -0.2) is 48.0 Å². The zero-order valence-corrected chi connectivity index (χ0v) is 11.9. The number of carboxylic acid groups (broad SMARTS) is 2. The van der Waals surface area contributed by atoms with Crippen LogP contribution in [0.25, 0.3) is 0 Å². The molecule has 0 radical (unpaired) electrons. The van der Waals surface area contributed by atoms with Crippen molar-refractivity contribution in [2.24, 2.45) is 0 Å². The topological polar surface area (TPSA) is 136 Å². The van der Waals surface area contributed by atoms with E-state index < -0.39 is 39.9 Å². The maximum Gasteiger partial charge on any atom is 0.318 e. The van der Waals surface area contributed by atoms with Crippen molar-refractivity contribution in [3.05, 3.63) is 28.8 Å². The molecule has 0 aliphatic rings. The first-order chi connectivity index (χ1) is 9.68. The molecule has 0 fully saturated rings. The van der Waals surface area contributed by atoms with Crippen LogP contribution in [0.1, 0.15) is 5.56 Å². The van der Waals surface area contributed by atoms with E-state index in [0.717, 1.165) is 12.1 Å². The molecule has 0 saturated heterocycles. The summed E-state index contributed by atoms with van der Waals surface area (Å²) in [7, 11) is -4.49. The van der Waals surface area contributed by atoms with Crippen LogP contribution >= 0.6 is 11.6 Å². The normalized spacial score (nSPS) is 11.1. The van der Waals surface area contributed by atoms with Crippen molar-refractivity contribution < 1.29 is 28.2 Å². The van der Waals surface area contributed by atoms with Gasteiger partial charge in [0.25, 0.3) is 0 Å². The van der Waals surface area contributed by atoms with E-state index in [9.17, 15) is 18.0 Å². The van der Waals surface area contributed by atoms with Gasteiger partial charge in [-0.3, -0.25) is 9.59 Å². The van der Waals surface area contributed by atoms with Crippen molar-refractivity contribution in [2.75, 3.05) is 13.1 Å². The van der Waals surface area contributed by atoms with E-state index in [-0.39, 0.29) is 14.9 Å². The van der Waals surface area contributed by atoms with E-state index >= 15 is 0 Å². The predicted molar refractivity (Wildman–Crippen MR) is 70.2 cm³/mol. The van der Waals surface area contributed by atoms with Crippen LogP contribution in [-0.2, 0) is 19.6 Å². The monoisotopic (exact) mass is 332 g/mol. The Kier molecular flexibility index (Phi) is 5.26. The highest BCUT2D eigenvalue weighted by molar-refractivity contribution is 7.89. The molecule has 0 aliphatic heterocycles. The second kappa shape index (κ2) is 6.53. The zero-order chi connectivity index (χ0) is 16.2. The van der Waals surface area contributed by atoms with Crippen LogP contribution in [0.2, 0.25) is 5.02 Å². The second-order valence-corrected chi connectivity index (χ2v) is 6.16. The lowest BCUT2D eigenvalue weighted by molar-refractivity contribution is -0.139. The molecule has 0 bridgehead atoms. The van der Waals surface area contributed by atoms with E-state index in [1.54, 1.807) is 6.07 Å². The molecule has 0 aromatic heterocycles. The molecule has 1 aromatic carbocycles. The van der Waals surface area contributed by atoms with Crippen LogP contribution < -0.4 is 0 Å². The fourth-order valence-corrected chi connectivity index (χ4v) is 3.21. The molecule has 10 heteroatoms. The predicted octanol–water partition coefficient (Wildman–Crippen LogP) is 0.372. The summed E-state index contributed by atoms with van der Waals surface area (Å²) in [4.78, 5) is 20.9. The number of benzene rings is 1. The number of hydrogen-bond acceptors (Lipinski definition) is 5. The first-order valence-electron chi connectivity index (χ1n) is 5.32. The van der Waals surface area contributed by atoms with Gasteiger partial charge in [0.15, 0.2) is 0 Å². The smallest absolute Gasteiger partial charge is 0.318 e.